The number of ether oxygens (including phenoxy) is 2. The summed E-state index contributed by atoms with van der Waals surface area (Å²) >= 11 is 0. The van der Waals surface area contributed by atoms with Gasteiger partial charge < -0.3 is 15.0 Å². The molecule has 1 unspecified atom stereocenters. The molecule has 0 aromatic heterocycles. The fourth-order valence-corrected chi connectivity index (χ4v) is 3.48. The van der Waals surface area contributed by atoms with Gasteiger partial charge in [0.25, 0.3) is 17.6 Å². The van der Waals surface area contributed by atoms with Crippen molar-refractivity contribution in [3.05, 3.63) is 47.5 Å². The van der Waals surface area contributed by atoms with Crippen LogP contribution in [0.4, 0.5) is 0 Å². The van der Waals surface area contributed by atoms with Crippen molar-refractivity contribution in [1.82, 2.24) is 4.90 Å². The summed E-state index contributed by atoms with van der Waals surface area (Å²) in [7, 11) is 0. The molecule has 0 N–H and O–H groups in total. The van der Waals surface area contributed by atoms with Crippen LogP contribution in [0.2, 0.25) is 0 Å². The van der Waals surface area contributed by atoms with Crippen LogP contribution in [0.1, 0.15) is 42.6 Å². The molecule has 1 aromatic rings. The Morgan fingerprint density at radius 2 is 1.84 bits per heavy atom. The predicted octanol–water partition coefficient (Wildman–Crippen LogP) is 1.44. The lowest BCUT2D eigenvalue weighted by atomic mass is 9.73. The minimum absolute atomic E-state index is 0.0669. The minimum Gasteiger partial charge on any atom is -0.465 e. The Bertz CT molecular complexity index is 1030. The van der Waals surface area contributed by atoms with Gasteiger partial charge in [-0.25, -0.2) is 4.79 Å². The number of Topliss-reactive ketones (excluding diaryl/α,β-unsaturated/α-hetero) is 1. The van der Waals surface area contributed by atoms with Crippen LogP contribution in [-0.2, 0) is 28.7 Å². The summed E-state index contributed by atoms with van der Waals surface area (Å²) in [6.45, 7) is 6.19. The Hall–Kier alpha value is -3.91. The molecule has 2 rings (SSSR count). The predicted molar refractivity (Wildman–Crippen MR) is 111 cm³/mol. The molecule has 1 aromatic carbocycles. The Labute approximate surface area is 184 Å². The van der Waals surface area contributed by atoms with Gasteiger partial charge in [-0.15, -0.1) is 0 Å². The van der Waals surface area contributed by atoms with E-state index in [1.807, 2.05) is 0 Å². The third-order valence-electron chi connectivity index (χ3n) is 5.00. The highest BCUT2D eigenvalue weighted by Crippen LogP contribution is 2.35. The SMILES string of the molecule is C=Cc1ccccc1C(=O)N1CCCC(C(=O)OCC)(C(=O)C(=[N+]=[N-])C(=O)OCC)C1=O. The minimum atomic E-state index is -2.57. The van der Waals surface area contributed by atoms with E-state index in [-0.39, 0.29) is 38.2 Å². The molecule has 0 bridgehead atoms. The number of esters is 2. The van der Waals surface area contributed by atoms with Gasteiger partial charge in [-0.3, -0.25) is 24.1 Å². The van der Waals surface area contributed by atoms with Gasteiger partial charge in [-0.1, -0.05) is 30.9 Å². The van der Waals surface area contributed by atoms with Crippen molar-refractivity contribution in [2.75, 3.05) is 19.8 Å². The molecule has 1 atom stereocenters. The van der Waals surface area contributed by atoms with Crippen molar-refractivity contribution in [2.45, 2.75) is 26.7 Å². The fourth-order valence-electron chi connectivity index (χ4n) is 3.48. The zero-order chi connectivity index (χ0) is 23.9. The highest BCUT2D eigenvalue weighted by Gasteiger charge is 2.63. The van der Waals surface area contributed by atoms with Crippen LogP contribution in [0, 0.1) is 5.41 Å². The molecule has 10 nitrogen and oxygen atoms in total. The lowest BCUT2D eigenvalue weighted by molar-refractivity contribution is -0.170. The third kappa shape index (κ3) is 4.26. The number of nitrogens with zero attached hydrogens (tertiary/aromatic N) is 3. The second kappa shape index (κ2) is 10.4. The van der Waals surface area contributed by atoms with E-state index in [1.54, 1.807) is 18.2 Å². The molecule has 1 aliphatic heterocycles. The molecule has 0 saturated carbocycles. The van der Waals surface area contributed by atoms with Crippen molar-refractivity contribution >= 4 is 41.3 Å². The number of carbonyl (C=O) groups is 5. The second-order valence-electron chi connectivity index (χ2n) is 6.78. The number of imide groups is 1. The summed E-state index contributed by atoms with van der Waals surface area (Å²) in [6, 6.07) is 6.38. The van der Waals surface area contributed by atoms with Gasteiger partial charge in [0.05, 0.1) is 13.2 Å². The van der Waals surface area contributed by atoms with Crippen molar-refractivity contribution in [3.63, 3.8) is 0 Å². The molecule has 1 fully saturated rings. The number of likely N-dealkylation sites (tertiary alicyclic amines) is 1. The zero-order valence-electron chi connectivity index (χ0n) is 17.8. The Kier molecular flexibility index (Phi) is 7.92. The normalized spacial score (nSPS) is 17.7. The third-order valence-corrected chi connectivity index (χ3v) is 5.00. The number of carbonyl (C=O) groups excluding carboxylic acids is 5. The number of benzene rings is 1. The summed E-state index contributed by atoms with van der Waals surface area (Å²) in [6.07, 6.45) is 1.16. The molecule has 32 heavy (non-hydrogen) atoms. The van der Waals surface area contributed by atoms with Crippen LogP contribution in [0.15, 0.2) is 30.8 Å². The van der Waals surface area contributed by atoms with E-state index in [0.717, 1.165) is 4.90 Å². The highest BCUT2D eigenvalue weighted by molar-refractivity contribution is 6.66. The Morgan fingerprint density at radius 1 is 1.19 bits per heavy atom. The fraction of sp³-hybridized carbons (Fsp3) is 0.364. The van der Waals surface area contributed by atoms with E-state index in [2.05, 4.69) is 11.4 Å². The summed E-state index contributed by atoms with van der Waals surface area (Å²) in [4.78, 5) is 68.4. The summed E-state index contributed by atoms with van der Waals surface area (Å²) in [5.74, 6) is -5.85. The lowest BCUT2D eigenvalue weighted by Crippen LogP contribution is -2.61. The number of hydrogen-bond donors (Lipinski definition) is 0. The number of piperidine rings is 1. The molecule has 1 heterocycles. The largest absolute Gasteiger partial charge is 0.465 e. The van der Waals surface area contributed by atoms with E-state index >= 15 is 0 Å². The lowest BCUT2D eigenvalue weighted by Gasteiger charge is -2.36. The van der Waals surface area contributed by atoms with E-state index < -0.39 is 40.7 Å². The van der Waals surface area contributed by atoms with Crippen LogP contribution in [0.5, 0.6) is 0 Å². The Morgan fingerprint density at radius 3 is 2.44 bits per heavy atom. The first kappa shape index (κ1) is 24.4. The number of hydrogen-bond acceptors (Lipinski definition) is 7. The van der Waals surface area contributed by atoms with Crippen LogP contribution >= 0.6 is 0 Å². The van der Waals surface area contributed by atoms with Crippen molar-refractivity contribution < 1.29 is 38.2 Å². The van der Waals surface area contributed by atoms with Gasteiger partial charge in [-0.05, 0) is 38.3 Å². The molecular formula is C22H23N3O7. The molecule has 168 valence electrons. The van der Waals surface area contributed by atoms with E-state index in [1.165, 1.54) is 26.0 Å². The molecule has 0 spiro atoms. The monoisotopic (exact) mass is 441 g/mol. The summed E-state index contributed by atoms with van der Waals surface area (Å²) in [5.41, 5.74) is 6.17. The maximum Gasteiger partial charge on any atom is 0.443 e. The molecule has 0 aliphatic carbocycles. The van der Waals surface area contributed by atoms with Crippen molar-refractivity contribution in [2.24, 2.45) is 5.41 Å². The summed E-state index contributed by atoms with van der Waals surface area (Å²) < 4.78 is 9.66. The molecule has 10 heteroatoms. The topological polar surface area (TPSA) is 143 Å². The number of rotatable bonds is 8. The van der Waals surface area contributed by atoms with Crippen LogP contribution in [-0.4, -0.2) is 64.7 Å². The van der Waals surface area contributed by atoms with Gasteiger partial charge in [0, 0.05) is 12.1 Å². The molecule has 1 aliphatic rings. The Balaban J connectivity index is 2.59. The van der Waals surface area contributed by atoms with E-state index in [9.17, 15) is 29.5 Å². The standard InChI is InChI=1S/C22H23N3O7/c1-4-14-10-7-8-11-15(14)18(27)25-13-9-12-22(20(25)29,21(30)32-6-3)17(26)16(24-23)19(28)31-5-2/h4,7-8,10-11H,1,5-6,9,12-13H2,2-3H3. The first-order valence-corrected chi connectivity index (χ1v) is 9.99. The van der Waals surface area contributed by atoms with Crippen molar-refractivity contribution in [1.29, 1.82) is 0 Å². The van der Waals surface area contributed by atoms with Gasteiger partial charge in [-0.2, -0.15) is 4.79 Å². The molecule has 2 amide bonds. The van der Waals surface area contributed by atoms with E-state index in [0.29, 0.717) is 5.56 Å². The van der Waals surface area contributed by atoms with Gasteiger partial charge in [0.1, 0.15) is 0 Å². The van der Waals surface area contributed by atoms with E-state index in [4.69, 9.17) is 9.47 Å². The van der Waals surface area contributed by atoms with Crippen molar-refractivity contribution in [3.8, 4) is 0 Å². The van der Waals surface area contributed by atoms with Crippen LogP contribution in [0.25, 0.3) is 11.6 Å². The number of ketones is 1. The molecule has 0 radical (unpaired) electrons. The molecular weight excluding hydrogens is 418 g/mol. The number of amides is 2. The second-order valence-corrected chi connectivity index (χ2v) is 6.78. The highest BCUT2D eigenvalue weighted by atomic mass is 16.5. The van der Waals surface area contributed by atoms with Gasteiger partial charge in [0.2, 0.25) is 5.41 Å². The summed E-state index contributed by atoms with van der Waals surface area (Å²) in [5, 5.41) is 0. The molecule has 1 saturated heterocycles. The first-order chi connectivity index (χ1) is 15.3. The van der Waals surface area contributed by atoms with Gasteiger partial charge in [0.15, 0.2) is 0 Å². The first-order valence-electron chi connectivity index (χ1n) is 9.99. The maximum atomic E-state index is 13.5. The zero-order valence-corrected chi connectivity index (χ0v) is 17.8. The quantitative estimate of drug-likeness (QED) is 0.148. The maximum absolute atomic E-state index is 13.5. The average molecular weight is 441 g/mol. The van der Waals surface area contributed by atoms with Gasteiger partial charge >= 0.3 is 17.7 Å². The van der Waals surface area contributed by atoms with Crippen LogP contribution < -0.4 is 0 Å². The smallest absolute Gasteiger partial charge is 0.443 e. The van der Waals surface area contributed by atoms with Crippen LogP contribution in [0.3, 0.4) is 0 Å². The average Bonchev–Trinajstić information content (AvgIpc) is 2.79.